The molecule has 0 radical (unpaired) electrons. The minimum atomic E-state index is -1.23. The molecular weight excluding hydrogens is 180 g/mol. The fourth-order valence-corrected chi connectivity index (χ4v) is 0.416. The largest absolute Gasteiger partial charge is 0.481 e. The smallest absolute Gasteiger partial charge is 0.335 e. The molecule has 0 aliphatic rings. The quantitative estimate of drug-likeness (QED) is 0.215. The van der Waals surface area contributed by atoms with Gasteiger partial charge in [0.15, 0.2) is 5.76 Å². The van der Waals surface area contributed by atoms with E-state index in [2.05, 4.69) is 16.2 Å². The molecule has 0 aliphatic heterocycles. The highest BCUT2D eigenvalue weighted by Gasteiger charge is 2.06. The molecule has 6 heteroatoms. The average Bonchev–Trinajstić information content (AvgIpc) is 2.10. The number of carboxylic acid groups (broad SMARTS) is 1. The van der Waals surface area contributed by atoms with Gasteiger partial charge in [-0.05, 0) is 0 Å². The molecule has 0 saturated carbocycles. The number of esters is 1. The van der Waals surface area contributed by atoms with Crippen LogP contribution in [0.2, 0.25) is 0 Å². The standard InChI is InChI=1S/C7H8O6/c1-2-7(10)12-4-5(13-11)3-6(8)9/h2,4,11H,1,3H2,(H,8,9). The topological polar surface area (TPSA) is 93.1 Å². The second-order valence-electron chi connectivity index (χ2n) is 1.89. The highest BCUT2D eigenvalue weighted by molar-refractivity contribution is 5.81. The Labute approximate surface area is 73.6 Å². The van der Waals surface area contributed by atoms with Crippen molar-refractivity contribution in [2.24, 2.45) is 0 Å². The molecule has 0 amide bonds. The molecule has 0 bridgehead atoms. The van der Waals surface area contributed by atoms with Crippen molar-refractivity contribution in [3.63, 3.8) is 0 Å². The summed E-state index contributed by atoms with van der Waals surface area (Å²) in [5, 5.41) is 16.4. The fraction of sp³-hybridized carbons (Fsp3) is 0.143. The number of aliphatic carboxylic acids is 1. The lowest BCUT2D eigenvalue weighted by Gasteiger charge is -1.98. The Bertz CT molecular complexity index is 241. The van der Waals surface area contributed by atoms with Crippen molar-refractivity contribution in [3.05, 3.63) is 24.7 Å². The van der Waals surface area contributed by atoms with E-state index in [9.17, 15) is 9.59 Å². The van der Waals surface area contributed by atoms with E-state index in [4.69, 9.17) is 10.4 Å². The lowest BCUT2D eigenvalue weighted by atomic mass is 10.4. The first-order chi connectivity index (χ1) is 6.10. The second kappa shape index (κ2) is 5.78. The van der Waals surface area contributed by atoms with E-state index in [0.29, 0.717) is 6.26 Å². The van der Waals surface area contributed by atoms with Crippen molar-refractivity contribution < 1.29 is 29.6 Å². The molecule has 0 unspecified atom stereocenters. The molecule has 72 valence electrons. The van der Waals surface area contributed by atoms with Crippen molar-refractivity contribution in [1.82, 2.24) is 0 Å². The number of rotatable bonds is 5. The van der Waals surface area contributed by atoms with Gasteiger partial charge < -0.3 is 14.7 Å². The fourth-order valence-electron chi connectivity index (χ4n) is 0.416. The van der Waals surface area contributed by atoms with Crippen molar-refractivity contribution in [2.75, 3.05) is 0 Å². The summed E-state index contributed by atoms with van der Waals surface area (Å²) in [5.74, 6) is -2.39. The first-order valence-electron chi connectivity index (χ1n) is 3.15. The summed E-state index contributed by atoms with van der Waals surface area (Å²) in [7, 11) is 0. The predicted octanol–water partition coefficient (Wildman–Crippen LogP) is 0.521. The Morgan fingerprint density at radius 1 is 1.46 bits per heavy atom. The summed E-state index contributed by atoms with van der Waals surface area (Å²) in [6.07, 6.45) is 0.991. The van der Waals surface area contributed by atoms with Gasteiger partial charge in [0.2, 0.25) is 0 Å². The third kappa shape index (κ3) is 5.45. The zero-order valence-electron chi connectivity index (χ0n) is 6.60. The van der Waals surface area contributed by atoms with Gasteiger partial charge in [-0.2, -0.15) is 0 Å². The Hall–Kier alpha value is -1.82. The lowest BCUT2D eigenvalue weighted by molar-refractivity contribution is -0.209. The molecule has 2 N–H and O–H groups in total. The third-order valence-electron chi connectivity index (χ3n) is 0.916. The molecule has 0 saturated heterocycles. The highest BCUT2D eigenvalue weighted by Crippen LogP contribution is 2.01. The maximum absolute atomic E-state index is 10.4. The predicted molar refractivity (Wildman–Crippen MR) is 40.3 cm³/mol. The molecular formula is C7H8O6. The zero-order valence-corrected chi connectivity index (χ0v) is 6.60. The SMILES string of the molecule is C=CC(=O)OC=C(CC(=O)O)OO. The molecule has 6 nitrogen and oxygen atoms in total. The molecule has 13 heavy (non-hydrogen) atoms. The number of carbonyl (C=O) groups excluding carboxylic acids is 1. The first kappa shape index (κ1) is 11.2. The van der Waals surface area contributed by atoms with E-state index in [0.717, 1.165) is 6.08 Å². The van der Waals surface area contributed by atoms with Gasteiger partial charge in [-0.3, -0.25) is 4.79 Å². The summed E-state index contributed by atoms with van der Waals surface area (Å²) >= 11 is 0. The molecule has 0 aromatic heterocycles. The number of carboxylic acids is 1. The summed E-state index contributed by atoms with van der Waals surface area (Å²) in [4.78, 5) is 24.2. The summed E-state index contributed by atoms with van der Waals surface area (Å²) < 4.78 is 4.28. The van der Waals surface area contributed by atoms with E-state index in [1.165, 1.54) is 0 Å². The second-order valence-corrected chi connectivity index (χ2v) is 1.89. The van der Waals surface area contributed by atoms with Crippen LogP contribution < -0.4 is 0 Å². The highest BCUT2D eigenvalue weighted by atomic mass is 17.1. The summed E-state index contributed by atoms with van der Waals surface area (Å²) in [6.45, 7) is 3.10. The Morgan fingerprint density at radius 3 is 2.46 bits per heavy atom. The van der Waals surface area contributed by atoms with Crippen LogP contribution in [0.1, 0.15) is 6.42 Å². The van der Waals surface area contributed by atoms with Crippen molar-refractivity contribution in [3.8, 4) is 0 Å². The van der Waals surface area contributed by atoms with Crippen LogP contribution in [0.4, 0.5) is 0 Å². The van der Waals surface area contributed by atoms with Gasteiger partial charge >= 0.3 is 11.9 Å². The summed E-state index contributed by atoms with van der Waals surface area (Å²) in [5.41, 5.74) is 0. The minimum absolute atomic E-state index is 0.386. The van der Waals surface area contributed by atoms with E-state index >= 15 is 0 Å². The maximum Gasteiger partial charge on any atom is 0.335 e. The van der Waals surface area contributed by atoms with Gasteiger partial charge in [-0.15, -0.1) is 0 Å². The lowest BCUT2D eigenvalue weighted by Crippen LogP contribution is -2.01. The van der Waals surface area contributed by atoms with Crippen LogP contribution in [0.5, 0.6) is 0 Å². The van der Waals surface area contributed by atoms with Crippen molar-refractivity contribution >= 4 is 11.9 Å². The molecule has 0 rings (SSSR count). The normalized spacial score (nSPS) is 10.4. The molecule has 0 heterocycles. The van der Waals surface area contributed by atoms with Gasteiger partial charge in [-0.25, -0.2) is 10.1 Å². The Balaban J connectivity index is 4.14. The third-order valence-corrected chi connectivity index (χ3v) is 0.916. The van der Waals surface area contributed by atoms with Crippen molar-refractivity contribution in [2.45, 2.75) is 6.42 Å². The van der Waals surface area contributed by atoms with Crippen LogP contribution in [0.3, 0.4) is 0 Å². The van der Waals surface area contributed by atoms with Crippen molar-refractivity contribution in [1.29, 1.82) is 0 Å². The van der Waals surface area contributed by atoms with Gasteiger partial charge in [0, 0.05) is 6.08 Å². The van der Waals surface area contributed by atoms with Crippen LogP contribution in [-0.4, -0.2) is 22.3 Å². The van der Waals surface area contributed by atoms with Crippen LogP contribution in [-0.2, 0) is 19.2 Å². The molecule has 0 fully saturated rings. The van der Waals surface area contributed by atoms with Gasteiger partial charge in [0.05, 0.1) is 0 Å². The first-order valence-corrected chi connectivity index (χ1v) is 3.15. The molecule has 0 spiro atoms. The average molecular weight is 188 g/mol. The van der Waals surface area contributed by atoms with Gasteiger partial charge in [-0.1, -0.05) is 6.58 Å². The Morgan fingerprint density at radius 2 is 2.08 bits per heavy atom. The number of carbonyl (C=O) groups is 2. The van der Waals surface area contributed by atoms with Crippen LogP contribution in [0, 0.1) is 0 Å². The van der Waals surface area contributed by atoms with Gasteiger partial charge in [0.25, 0.3) is 0 Å². The number of hydrogen-bond donors (Lipinski definition) is 2. The van der Waals surface area contributed by atoms with E-state index in [1.54, 1.807) is 0 Å². The molecule has 0 aliphatic carbocycles. The van der Waals surface area contributed by atoms with E-state index in [-0.39, 0.29) is 5.76 Å². The van der Waals surface area contributed by atoms with Gasteiger partial charge in [0.1, 0.15) is 12.7 Å². The Kier molecular flexibility index (Phi) is 4.97. The number of hydrogen-bond acceptors (Lipinski definition) is 5. The van der Waals surface area contributed by atoms with Crippen LogP contribution >= 0.6 is 0 Å². The maximum atomic E-state index is 10.4. The zero-order chi connectivity index (χ0) is 10.3. The minimum Gasteiger partial charge on any atom is -0.481 e. The summed E-state index contributed by atoms with van der Waals surface area (Å²) in [6, 6.07) is 0. The monoisotopic (exact) mass is 188 g/mol. The van der Waals surface area contributed by atoms with Crippen LogP contribution in [0.25, 0.3) is 0 Å². The molecule has 0 aromatic carbocycles. The molecule has 0 aromatic rings. The van der Waals surface area contributed by atoms with E-state index < -0.39 is 18.4 Å². The molecule has 0 atom stereocenters. The van der Waals surface area contributed by atoms with E-state index in [1.807, 2.05) is 0 Å². The number of ether oxygens (including phenoxy) is 1. The van der Waals surface area contributed by atoms with Crippen LogP contribution in [0.15, 0.2) is 24.7 Å².